The average molecular weight is 354 g/mol. The topological polar surface area (TPSA) is 55.4 Å². The summed E-state index contributed by atoms with van der Waals surface area (Å²) >= 11 is 3.33. The molecule has 1 N–H and O–H groups in total. The number of benzene rings is 1. The van der Waals surface area contributed by atoms with Crippen molar-refractivity contribution in [2.75, 3.05) is 5.32 Å². The zero-order valence-corrected chi connectivity index (χ0v) is 13.7. The van der Waals surface area contributed by atoms with Gasteiger partial charge in [0.15, 0.2) is 6.10 Å². The zero-order valence-electron chi connectivity index (χ0n) is 12.1. The molecule has 0 spiro atoms. The summed E-state index contributed by atoms with van der Waals surface area (Å²) in [4.78, 5) is 23.8. The number of carbonyl (C=O) groups excluding carboxylic acids is 2. The Morgan fingerprint density at radius 3 is 2.52 bits per heavy atom. The van der Waals surface area contributed by atoms with Crippen LogP contribution >= 0.6 is 15.9 Å². The van der Waals surface area contributed by atoms with E-state index in [1.54, 1.807) is 19.1 Å². The molecule has 0 heterocycles. The molecule has 1 aromatic carbocycles. The first-order valence-corrected chi connectivity index (χ1v) is 8.10. The minimum Gasteiger partial charge on any atom is -0.453 e. The van der Waals surface area contributed by atoms with Crippen LogP contribution in [0.1, 0.15) is 39.0 Å². The van der Waals surface area contributed by atoms with E-state index in [0.29, 0.717) is 18.0 Å². The lowest BCUT2D eigenvalue weighted by Gasteiger charge is -2.15. The minimum absolute atomic E-state index is 0.277. The van der Waals surface area contributed by atoms with Crippen molar-refractivity contribution in [1.82, 2.24) is 0 Å². The maximum absolute atomic E-state index is 12.0. The molecule has 0 radical (unpaired) electrons. The Bertz CT molecular complexity index is 495. The van der Waals surface area contributed by atoms with Crippen molar-refractivity contribution in [2.24, 2.45) is 5.92 Å². The Hall–Kier alpha value is -1.36. The third kappa shape index (κ3) is 5.16. The largest absolute Gasteiger partial charge is 0.453 e. The lowest BCUT2D eigenvalue weighted by atomic mass is 10.0. The number of hydrogen-bond acceptors (Lipinski definition) is 3. The van der Waals surface area contributed by atoms with Crippen molar-refractivity contribution in [3.05, 3.63) is 28.7 Å². The first kappa shape index (κ1) is 16.0. The molecule has 1 aliphatic rings. The van der Waals surface area contributed by atoms with Gasteiger partial charge in [0, 0.05) is 16.6 Å². The predicted molar refractivity (Wildman–Crippen MR) is 84.9 cm³/mol. The fourth-order valence-corrected chi connectivity index (χ4v) is 2.79. The average Bonchev–Trinajstić information content (AvgIpc) is 2.94. The molecule has 1 amide bonds. The van der Waals surface area contributed by atoms with Crippen molar-refractivity contribution in [3.8, 4) is 0 Å². The summed E-state index contributed by atoms with van der Waals surface area (Å²) < 4.78 is 6.15. The Labute approximate surface area is 133 Å². The minimum atomic E-state index is -0.775. The third-order valence-electron chi connectivity index (χ3n) is 3.72. The van der Waals surface area contributed by atoms with Crippen LogP contribution in [0.4, 0.5) is 5.69 Å². The van der Waals surface area contributed by atoms with Crippen LogP contribution in [0, 0.1) is 5.92 Å². The summed E-state index contributed by atoms with van der Waals surface area (Å²) in [5.74, 6) is -0.156. The number of esters is 1. The summed E-state index contributed by atoms with van der Waals surface area (Å²) in [5, 5.41) is 2.73. The molecule has 1 atom stereocenters. The highest BCUT2D eigenvalue weighted by Crippen LogP contribution is 2.27. The van der Waals surface area contributed by atoms with Crippen molar-refractivity contribution in [1.29, 1.82) is 0 Å². The van der Waals surface area contributed by atoms with E-state index >= 15 is 0 Å². The van der Waals surface area contributed by atoms with Gasteiger partial charge in [0.25, 0.3) is 5.91 Å². The molecule has 4 nitrogen and oxygen atoms in total. The van der Waals surface area contributed by atoms with E-state index in [4.69, 9.17) is 4.74 Å². The van der Waals surface area contributed by atoms with Crippen LogP contribution in [0.3, 0.4) is 0 Å². The van der Waals surface area contributed by atoms with E-state index in [0.717, 1.165) is 17.3 Å². The molecular formula is C16H20BrNO3. The van der Waals surface area contributed by atoms with Crippen LogP contribution in [0.5, 0.6) is 0 Å². The number of halogens is 1. The Morgan fingerprint density at radius 1 is 1.29 bits per heavy atom. The van der Waals surface area contributed by atoms with Gasteiger partial charge >= 0.3 is 5.97 Å². The van der Waals surface area contributed by atoms with Crippen LogP contribution in [0.2, 0.25) is 0 Å². The Balaban J connectivity index is 1.78. The van der Waals surface area contributed by atoms with E-state index in [-0.39, 0.29) is 11.9 Å². The molecule has 0 unspecified atom stereocenters. The molecule has 2 rings (SSSR count). The molecule has 1 aromatic rings. The number of carbonyl (C=O) groups is 2. The Morgan fingerprint density at radius 2 is 1.90 bits per heavy atom. The number of ether oxygens (including phenoxy) is 1. The number of amides is 1. The first-order valence-electron chi connectivity index (χ1n) is 7.30. The highest BCUT2D eigenvalue weighted by molar-refractivity contribution is 9.10. The molecule has 1 fully saturated rings. The fourth-order valence-electron chi connectivity index (χ4n) is 2.53. The van der Waals surface area contributed by atoms with Crippen LogP contribution < -0.4 is 5.32 Å². The molecule has 0 saturated heterocycles. The summed E-state index contributed by atoms with van der Waals surface area (Å²) in [6, 6.07) is 7.25. The van der Waals surface area contributed by atoms with Crippen LogP contribution in [0.25, 0.3) is 0 Å². The van der Waals surface area contributed by atoms with Gasteiger partial charge in [0.2, 0.25) is 0 Å². The smallest absolute Gasteiger partial charge is 0.306 e. The molecule has 114 valence electrons. The van der Waals surface area contributed by atoms with E-state index in [1.165, 1.54) is 12.8 Å². The van der Waals surface area contributed by atoms with Gasteiger partial charge in [-0.05, 0) is 49.9 Å². The molecule has 5 heteroatoms. The lowest BCUT2D eigenvalue weighted by Crippen LogP contribution is -2.30. The molecule has 0 aliphatic heterocycles. The van der Waals surface area contributed by atoms with Gasteiger partial charge in [-0.1, -0.05) is 28.8 Å². The van der Waals surface area contributed by atoms with Crippen molar-refractivity contribution in [2.45, 2.75) is 45.1 Å². The maximum Gasteiger partial charge on any atom is 0.306 e. The van der Waals surface area contributed by atoms with E-state index in [2.05, 4.69) is 21.2 Å². The van der Waals surface area contributed by atoms with Crippen molar-refractivity contribution < 1.29 is 14.3 Å². The quantitative estimate of drug-likeness (QED) is 0.816. The van der Waals surface area contributed by atoms with E-state index in [1.807, 2.05) is 12.1 Å². The van der Waals surface area contributed by atoms with Gasteiger partial charge in [-0.3, -0.25) is 9.59 Å². The summed E-state index contributed by atoms with van der Waals surface area (Å²) in [5.41, 5.74) is 0.682. The van der Waals surface area contributed by atoms with Gasteiger partial charge < -0.3 is 10.1 Å². The monoisotopic (exact) mass is 353 g/mol. The fraction of sp³-hybridized carbons (Fsp3) is 0.500. The standard InChI is InChI=1S/C16H20BrNO3/c1-11(21-15(19)10-12-4-2-3-5-12)16(20)18-14-8-6-13(17)7-9-14/h6-9,11-12H,2-5,10H2,1H3,(H,18,20)/t11-/m0/s1. The zero-order chi connectivity index (χ0) is 15.2. The molecule has 21 heavy (non-hydrogen) atoms. The second-order valence-corrected chi connectivity index (χ2v) is 6.40. The molecule has 1 aliphatic carbocycles. The van der Waals surface area contributed by atoms with Gasteiger partial charge in [-0.2, -0.15) is 0 Å². The van der Waals surface area contributed by atoms with Crippen LogP contribution in [-0.4, -0.2) is 18.0 Å². The van der Waals surface area contributed by atoms with Crippen LogP contribution in [0.15, 0.2) is 28.7 Å². The third-order valence-corrected chi connectivity index (χ3v) is 4.25. The molecule has 0 bridgehead atoms. The SMILES string of the molecule is C[C@H](OC(=O)CC1CCCC1)C(=O)Nc1ccc(Br)cc1. The number of rotatable bonds is 5. The highest BCUT2D eigenvalue weighted by Gasteiger charge is 2.22. The van der Waals surface area contributed by atoms with Gasteiger partial charge in [-0.25, -0.2) is 0 Å². The number of nitrogens with one attached hydrogen (secondary N) is 1. The van der Waals surface area contributed by atoms with Gasteiger partial charge in [-0.15, -0.1) is 0 Å². The highest BCUT2D eigenvalue weighted by atomic mass is 79.9. The van der Waals surface area contributed by atoms with Crippen molar-refractivity contribution in [3.63, 3.8) is 0 Å². The molecular weight excluding hydrogens is 334 g/mol. The number of hydrogen-bond donors (Lipinski definition) is 1. The summed E-state index contributed by atoms with van der Waals surface area (Å²) in [6.07, 6.45) is 4.22. The first-order chi connectivity index (χ1) is 10.0. The predicted octanol–water partition coefficient (Wildman–Crippen LogP) is 3.90. The second kappa shape index (κ2) is 7.59. The van der Waals surface area contributed by atoms with Crippen LogP contribution in [-0.2, 0) is 14.3 Å². The summed E-state index contributed by atoms with van der Waals surface area (Å²) in [6.45, 7) is 1.60. The van der Waals surface area contributed by atoms with E-state index in [9.17, 15) is 9.59 Å². The molecule has 0 aromatic heterocycles. The second-order valence-electron chi connectivity index (χ2n) is 5.48. The Kier molecular flexibility index (Phi) is 5.79. The summed E-state index contributed by atoms with van der Waals surface area (Å²) in [7, 11) is 0. The molecule has 1 saturated carbocycles. The van der Waals surface area contributed by atoms with Gasteiger partial charge in [0.1, 0.15) is 0 Å². The van der Waals surface area contributed by atoms with Gasteiger partial charge in [0.05, 0.1) is 0 Å². The lowest BCUT2D eigenvalue weighted by molar-refractivity contribution is -0.154. The normalized spacial score (nSPS) is 16.5. The van der Waals surface area contributed by atoms with Crippen molar-refractivity contribution >= 4 is 33.5 Å². The maximum atomic E-state index is 12.0. The number of anilines is 1. The van der Waals surface area contributed by atoms with E-state index < -0.39 is 6.10 Å².